The molecule has 0 aliphatic carbocycles. The molecule has 2 N–H and O–H groups in total. The van der Waals surface area contributed by atoms with Crippen molar-refractivity contribution in [3.8, 4) is 11.5 Å². The maximum absolute atomic E-state index is 11.0. The zero-order valence-corrected chi connectivity index (χ0v) is 7.18. The first-order valence-corrected chi connectivity index (χ1v) is 4.89. The van der Waals surface area contributed by atoms with Gasteiger partial charge >= 0.3 is 0 Å². The van der Waals surface area contributed by atoms with Gasteiger partial charge in [-0.25, -0.2) is 13.6 Å². The first-order chi connectivity index (χ1) is 5.50. The van der Waals surface area contributed by atoms with Gasteiger partial charge in [-0.15, -0.1) is 0 Å². The number of hydrogen-bond acceptors (Lipinski definition) is 3. The average Bonchev–Trinajstić information content (AvgIpc) is 2.61. The molecule has 1 heterocycles. The van der Waals surface area contributed by atoms with Gasteiger partial charge in [-0.05, 0) is 18.6 Å². The number of fused-ring (bicyclic) bond motifs is 1. The Labute approximate surface area is 70.0 Å². The fraction of sp³-hybridized carbons (Fsp3) is 0.143. The van der Waals surface area contributed by atoms with Gasteiger partial charge in [0.15, 0.2) is 11.5 Å². The first kappa shape index (κ1) is 7.57. The van der Waals surface area contributed by atoms with Crippen LogP contribution in [-0.2, 0) is 10.0 Å². The van der Waals surface area contributed by atoms with Crippen LogP contribution in [0.15, 0.2) is 17.0 Å². The molecule has 0 atom stereocenters. The minimum Gasteiger partial charge on any atom is -0.448 e. The van der Waals surface area contributed by atoms with Gasteiger partial charge in [-0.1, -0.05) is 6.07 Å². The summed E-state index contributed by atoms with van der Waals surface area (Å²) in [5.74, 6) is 1.00. The molecular formula is C7H7NO3S. The van der Waals surface area contributed by atoms with Crippen molar-refractivity contribution in [1.29, 1.82) is 0 Å². The molecule has 5 heteroatoms. The molecule has 0 unspecified atom stereocenters. The lowest BCUT2D eigenvalue weighted by atomic mass is 10.2. The molecule has 0 spiro atoms. The summed E-state index contributed by atoms with van der Waals surface area (Å²) in [5.41, 5.74) is 0.619. The molecule has 0 bridgehead atoms. The summed E-state index contributed by atoms with van der Waals surface area (Å²) in [6, 6.07) is 3.39. The van der Waals surface area contributed by atoms with E-state index >= 15 is 0 Å². The van der Waals surface area contributed by atoms with Crippen molar-refractivity contribution in [2.75, 3.05) is 0 Å². The lowest BCUT2D eigenvalue weighted by Crippen LogP contribution is -2.12. The number of aryl methyl sites for hydroxylation is 1. The monoisotopic (exact) mass is 185 g/mol. The molecule has 2 rings (SSSR count). The number of benzene rings is 1. The molecule has 1 aliphatic heterocycles. The molecule has 0 saturated heterocycles. The smallest absolute Gasteiger partial charge is 0.242 e. The summed E-state index contributed by atoms with van der Waals surface area (Å²) in [6.07, 6.45) is 0. The van der Waals surface area contributed by atoms with E-state index in [9.17, 15) is 8.42 Å². The summed E-state index contributed by atoms with van der Waals surface area (Å²) in [4.78, 5) is 0.111. The Morgan fingerprint density at radius 1 is 1.42 bits per heavy atom. The molecule has 1 aromatic carbocycles. The van der Waals surface area contributed by atoms with Crippen LogP contribution in [0.1, 0.15) is 5.56 Å². The topological polar surface area (TPSA) is 72.7 Å². The Balaban J connectivity index is 2.76. The van der Waals surface area contributed by atoms with Crippen LogP contribution in [0.3, 0.4) is 0 Å². The molecular weight excluding hydrogens is 178 g/mol. The first-order valence-electron chi connectivity index (χ1n) is 3.34. The zero-order valence-electron chi connectivity index (χ0n) is 6.37. The van der Waals surface area contributed by atoms with Crippen molar-refractivity contribution < 1.29 is 13.2 Å². The van der Waals surface area contributed by atoms with Crippen LogP contribution in [0.25, 0.3) is 0 Å². The number of nitrogens with two attached hydrogens (primary N) is 1. The summed E-state index contributed by atoms with van der Waals surface area (Å²) < 4.78 is 26.9. The normalized spacial score (nSPS) is 13.5. The van der Waals surface area contributed by atoms with E-state index in [0.29, 0.717) is 17.1 Å². The molecule has 0 amide bonds. The Hall–Kier alpha value is -1.07. The largest absolute Gasteiger partial charge is 0.448 e. The Bertz CT molecular complexity index is 446. The van der Waals surface area contributed by atoms with Crippen LogP contribution in [0.5, 0.6) is 11.5 Å². The molecule has 12 heavy (non-hydrogen) atoms. The second kappa shape index (κ2) is 1.99. The van der Waals surface area contributed by atoms with Crippen molar-refractivity contribution >= 4 is 10.0 Å². The van der Waals surface area contributed by atoms with E-state index in [4.69, 9.17) is 9.88 Å². The van der Waals surface area contributed by atoms with Crippen molar-refractivity contribution in [3.63, 3.8) is 0 Å². The molecule has 0 fully saturated rings. The van der Waals surface area contributed by atoms with Gasteiger partial charge in [0.1, 0.15) is 4.90 Å². The number of rotatable bonds is 1. The van der Waals surface area contributed by atoms with Crippen LogP contribution in [0, 0.1) is 6.92 Å². The minimum atomic E-state index is -3.64. The highest BCUT2D eigenvalue weighted by molar-refractivity contribution is 7.89. The van der Waals surface area contributed by atoms with E-state index in [0.717, 1.165) is 0 Å². The van der Waals surface area contributed by atoms with Gasteiger partial charge in [-0.3, -0.25) is 0 Å². The predicted octanol–water partition coefficient (Wildman–Crippen LogP) is 0.748. The number of sulfonamides is 1. The Morgan fingerprint density at radius 2 is 2.08 bits per heavy atom. The van der Waals surface area contributed by atoms with Gasteiger partial charge in [-0.2, -0.15) is 0 Å². The van der Waals surface area contributed by atoms with Crippen molar-refractivity contribution in [1.82, 2.24) is 0 Å². The molecule has 1 aromatic rings. The summed E-state index contributed by atoms with van der Waals surface area (Å²) in [6.45, 7) is 1.68. The molecule has 64 valence electrons. The lowest BCUT2D eigenvalue weighted by molar-refractivity contribution is 0.591. The van der Waals surface area contributed by atoms with E-state index in [2.05, 4.69) is 0 Å². The van der Waals surface area contributed by atoms with E-state index in [1.54, 1.807) is 19.1 Å². The van der Waals surface area contributed by atoms with Gasteiger partial charge in [0.05, 0.1) is 0 Å². The zero-order chi connectivity index (χ0) is 8.93. The second-order valence-electron chi connectivity index (χ2n) is 2.69. The fourth-order valence-corrected chi connectivity index (χ4v) is 2.08. The fourth-order valence-electron chi connectivity index (χ4n) is 1.16. The minimum absolute atomic E-state index is 0.111. The van der Waals surface area contributed by atoms with Crippen molar-refractivity contribution in [2.24, 2.45) is 5.14 Å². The maximum Gasteiger partial charge on any atom is 0.242 e. The van der Waals surface area contributed by atoms with E-state index in [1.165, 1.54) is 0 Å². The molecule has 1 aliphatic rings. The highest BCUT2D eigenvalue weighted by Crippen LogP contribution is 2.50. The van der Waals surface area contributed by atoms with Gasteiger partial charge < -0.3 is 4.74 Å². The third-order valence-corrected chi connectivity index (χ3v) is 2.80. The quantitative estimate of drug-likeness (QED) is 0.666. The maximum atomic E-state index is 11.0. The molecule has 4 nitrogen and oxygen atoms in total. The number of primary sulfonamides is 1. The predicted molar refractivity (Wildman–Crippen MR) is 42.6 cm³/mol. The van der Waals surface area contributed by atoms with Crippen molar-refractivity contribution in [3.05, 3.63) is 17.7 Å². The molecule has 0 saturated carbocycles. The Morgan fingerprint density at radius 3 is 2.58 bits per heavy atom. The van der Waals surface area contributed by atoms with Crippen LogP contribution in [0.2, 0.25) is 0 Å². The van der Waals surface area contributed by atoms with Gasteiger partial charge in [0.25, 0.3) is 0 Å². The standard InChI is InChI=1S/C7H7NO3S/c1-4-2-3-5-6(11-5)7(4)12(8,9)10/h2-3H,1H3,(H2,8,9,10). The lowest BCUT2D eigenvalue weighted by Gasteiger charge is -1.97. The van der Waals surface area contributed by atoms with Crippen molar-refractivity contribution in [2.45, 2.75) is 11.8 Å². The van der Waals surface area contributed by atoms with Crippen LogP contribution in [-0.4, -0.2) is 8.42 Å². The number of hydrogen-bond donors (Lipinski definition) is 1. The third kappa shape index (κ3) is 0.981. The Kier molecular flexibility index (Phi) is 1.26. The highest BCUT2D eigenvalue weighted by atomic mass is 32.2. The number of ether oxygens (including phenoxy) is 1. The van der Waals surface area contributed by atoms with Crippen LogP contribution < -0.4 is 9.88 Å². The second-order valence-corrected chi connectivity index (χ2v) is 4.18. The van der Waals surface area contributed by atoms with E-state index in [-0.39, 0.29) is 4.90 Å². The molecule has 0 radical (unpaired) electrons. The molecule has 0 aromatic heterocycles. The summed E-state index contributed by atoms with van der Waals surface area (Å²) >= 11 is 0. The van der Waals surface area contributed by atoms with E-state index < -0.39 is 10.0 Å². The average molecular weight is 185 g/mol. The van der Waals surface area contributed by atoms with Crippen LogP contribution >= 0.6 is 0 Å². The SMILES string of the molecule is Cc1ccc2c(c1S(N)(=O)=O)O2. The summed E-state index contributed by atoms with van der Waals surface area (Å²) in [5, 5.41) is 4.98. The highest BCUT2D eigenvalue weighted by Gasteiger charge is 2.31. The van der Waals surface area contributed by atoms with E-state index in [1.807, 2.05) is 0 Å². The van der Waals surface area contributed by atoms with Gasteiger partial charge in [0, 0.05) is 0 Å². The third-order valence-electron chi connectivity index (χ3n) is 1.73. The van der Waals surface area contributed by atoms with Gasteiger partial charge in [0.2, 0.25) is 10.0 Å². The van der Waals surface area contributed by atoms with Crippen LogP contribution in [0.4, 0.5) is 0 Å². The summed E-state index contributed by atoms with van der Waals surface area (Å²) in [7, 11) is -3.64.